The first-order chi connectivity index (χ1) is 50.7. The van der Waals surface area contributed by atoms with E-state index in [4.69, 9.17) is 51.6 Å². The summed E-state index contributed by atoms with van der Waals surface area (Å²) in [6.07, 6.45) is -4.33. The number of rotatable bonds is 19. The van der Waals surface area contributed by atoms with E-state index in [9.17, 15) is 28.7 Å². The van der Waals surface area contributed by atoms with Gasteiger partial charge in [0.2, 0.25) is 2.86 Å². The number of alkyl halides is 2. The van der Waals surface area contributed by atoms with Crippen molar-refractivity contribution in [3.63, 3.8) is 0 Å². The molecule has 2 fully saturated rings. The van der Waals surface area contributed by atoms with Crippen molar-refractivity contribution in [2.24, 2.45) is 0 Å². The van der Waals surface area contributed by atoms with Crippen LogP contribution < -0.4 is 22.5 Å². The smallest absolute Gasteiger partial charge is 0.330 e. The molecule has 0 aliphatic carbocycles. The van der Waals surface area contributed by atoms with Crippen molar-refractivity contribution in [2.75, 3.05) is 38.9 Å². The average Bonchev–Trinajstić information content (AvgIpc) is 1.65. The number of aliphatic hydroxyl groups excluding tert-OH is 4. The van der Waals surface area contributed by atoms with Gasteiger partial charge in [-0.15, -0.1) is 0 Å². The van der Waals surface area contributed by atoms with Gasteiger partial charge in [-0.05, 0) is 67.2 Å². The minimum absolute atomic E-state index is 0. The van der Waals surface area contributed by atoms with Gasteiger partial charge in [-0.25, -0.2) is 23.0 Å². The van der Waals surface area contributed by atoms with Crippen LogP contribution in [0.1, 0.15) is 124 Å². The van der Waals surface area contributed by atoms with E-state index in [-0.39, 0.29) is 466 Å². The molecular weight excluding hydrogens is 5450 g/mol. The quantitative estimate of drug-likeness (QED) is 0.0487. The predicted molar refractivity (Wildman–Crippen MR) is 534 cm³/mol. The second-order valence-corrected chi connectivity index (χ2v) is 87.3. The Morgan fingerprint density at radius 2 is 0.784 bits per heavy atom. The third-order valence-electron chi connectivity index (χ3n) is 9.26. The number of hydrogen-bond acceptors (Lipinski definition) is 19. The fraction of sp³-hybridized carbons (Fsp3) is 0.810. The maximum absolute atomic E-state index is 15.7. The Kier molecular flexibility index (Phi) is 170. The maximum atomic E-state index is 15.7. The zero-order chi connectivity index (χ0) is 79.8. The van der Waals surface area contributed by atoms with E-state index in [0.717, 1.165) is 64.7 Å². The van der Waals surface area contributed by atoms with Gasteiger partial charge in [0.05, 0.1) is 18.8 Å². The van der Waals surface area contributed by atoms with Gasteiger partial charge in [0.25, 0.3) is 19.6 Å². The molecule has 4 rings (SSSR count). The van der Waals surface area contributed by atoms with E-state index >= 15 is 4.39 Å². The van der Waals surface area contributed by atoms with E-state index in [1.165, 1.54) is 38.2 Å². The first kappa shape index (κ1) is 163. The molecule has 4 heterocycles. The summed E-state index contributed by atoms with van der Waals surface area (Å²) in [5.41, 5.74) is -2.77. The number of H-pyrrole nitrogens is 2. The van der Waals surface area contributed by atoms with Gasteiger partial charge in [0.15, 0.2) is 24.8 Å². The van der Waals surface area contributed by atoms with E-state index in [1.807, 2.05) is 253 Å². The van der Waals surface area contributed by atoms with Crippen molar-refractivity contribution in [1.82, 2.24) is 23.8 Å². The van der Waals surface area contributed by atoms with Gasteiger partial charge in [-0.2, -0.15) is 0 Å². The van der Waals surface area contributed by atoms with Gasteiger partial charge in [0.1, 0.15) is 12.2 Å². The SMILES string of the molecule is CC(C)(C)SSCCCCO.S=S=S=S=S=S=S=S=S=S=S=S=S=S=S=S=S=S=S=S=S=S=S=S=S=S=S=S=S=S=S=S=S=S=S=S.[2H]CC1OC(n2ccc(=O)[nH]c2=O)C(F)C1O.[2H]CC1OC(n2ccc(=O)[nH]c2=O)C(F)C1OP(OCCCCSSC(C)(C)C)N(C(C)C)C(C)C.[3H]OC.[3H]OC.[U].[U].[U].[U].[U].[U].[U].[U].[U].[U].[U].[U].[U].[U]. The zero-order valence-corrected chi connectivity index (χ0v) is 154. The number of unbranched alkanes of at least 4 members (excludes halogenated alkanes) is 2. The Hall–Kier alpha value is 21.3. The van der Waals surface area contributed by atoms with Gasteiger partial charge in [-0.3, -0.25) is 28.7 Å². The van der Waals surface area contributed by atoms with Crippen LogP contribution >= 0.6 is 51.7 Å². The van der Waals surface area contributed by atoms with Gasteiger partial charge < -0.3 is 39.0 Å². The Balaban J connectivity index is -0.0000000860. The van der Waals surface area contributed by atoms with Gasteiger partial charge in [0, 0.05) is 841 Å². The van der Waals surface area contributed by atoms with Crippen LogP contribution in [0.4, 0.5) is 8.78 Å². The molecule has 2 saturated heterocycles. The van der Waals surface area contributed by atoms with Gasteiger partial charge in [-0.1, -0.05) is 84.7 Å². The standard InChI is InChI=1S/C23H41FN3O5PS2.C9H11FN2O4.C8H18OS2.2CH4O.S36.14U/c1-15(2)27(16(3)4)33(30-13-9-10-14-34-35-23(6,7)8)32-20-17(5)31-21(19(20)24)26-12-11-18(28)25-22(26)29;1-4-7(14)6(10)8(16-4)12-3-2-5(13)11-9(12)15;1-8(2,3)11-10-7-5-4-6-9;2*1-2;1-3-5-7-9-11-13-15-17-19-21-23-25-27-29-31-33-35-36-34-32-30-28-26-24-22-20-18-16-14-12-10-8-6-4-2;;;;;;;;;;;;;;/h11-12,15-17,19-21H,9-10,13-14H2,1-8H3,(H,25,28,29);2-4,6-8,14H,1H3,(H,11,13,15);9H,4-7H2,1-3H3;2*2H,1H3;;;;;;;;;;;;;;;/i5D;1D;;2*2T;;;;;;;;;;;;;;;. The van der Waals surface area contributed by atoms with Crippen molar-refractivity contribution >= 4 is 376 Å². The Labute approximate surface area is 1140 Å². The molecule has 74 heteroatoms. The van der Waals surface area contributed by atoms with Crippen LogP contribution in [0.2, 0.25) is 0 Å². The van der Waals surface area contributed by atoms with Crippen molar-refractivity contribution in [3.05, 3.63) is 66.2 Å². The number of aliphatic hydroxyl groups is 4. The summed E-state index contributed by atoms with van der Waals surface area (Å²) in [6.45, 7) is 21.6. The minimum Gasteiger partial charge on any atom is -0.400 e. The van der Waals surface area contributed by atoms with Crippen LogP contribution in [0.3, 0.4) is 0 Å². The summed E-state index contributed by atoms with van der Waals surface area (Å²) >= 11 is 9.59. The minimum atomic E-state index is -1.81. The molecule has 0 aromatic carbocycles. The van der Waals surface area contributed by atoms with Crippen LogP contribution in [-0.4, -0.2) is 144 Å². The van der Waals surface area contributed by atoms with Crippen LogP contribution in [0.25, 0.3) is 0 Å². The van der Waals surface area contributed by atoms with Crippen LogP contribution in [0, 0.1) is 436 Å². The summed E-state index contributed by atoms with van der Waals surface area (Å²) in [7, 11) is 68.6. The second kappa shape index (κ2) is 122. The summed E-state index contributed by atoms with van der Waals surface area (Å²) in [5, 5.41) is 24.9. The molecule has 6 N–H and O–H groups in total. The first-order valence-corrected chi connectivity index (χ1v) is 79.6. The third kappa shape index (κ3) is 101. The van der Waals surface area contributed by atoms with Crippen LogP contribution in [0.15, 0.2) is 43.7 Å². The molecule has 0 spiro atoms. The Morgan fingerprint density at radius 1 is 0.509 bits per heavy atom. The second-order valence-electron chi connectivity index (χ2n) is 19.2. The maximum Gasteiger partial charge on any atom is 0.330 e. The average molecular weight is 5540 g/mol. The molecule has 2 aliphatic rings. The summed E-state index contributed by atoms with van der Waals surface area (Å²) in [5.74, 6) is 2.17. The van der Waals surface area contributed by atoms with E-state index in [0.29, 0.717) is 18.0 Å². The Bertz CT molecular complexity index is 4750. The van der Waals surface area contributed by atoms with Crippen LogP contribution in [0.5, 0.6) is 0 Å². The molecule has 2 aromatic rings. The molecule has 9 atom stereocenters. The number of halogens is 2. The van der Waals surface area contributed by atoms with E-state index in [2.05, 4.69) is 61.4 Å². The van der Waals surface area contributed by atoms with Crippen molar-refractivity contribution in [1.29, 1.82) is 2.86 Å². The molecule has 2 aliphatic heterocycles. The molecule has 658 valence electrons. The summed E-state index contributed by atoms with van der Waals surface area (Å²) in [6, 6.07) is 2.36. The molecule has 0 bridgehead atoms. The zero-order valence-electron chi connectivity index (χ0n) is 66.0. The summed E-state index contributed by atoms with van der Waals surface area (Å²) in [4.78, 5) is 50.0. The molecule has 0 saturated carbocycles. The predicted octanol–water partition coefficient (Wildman–Crippen LogP) is 6.72. The number of nitrogens with zero attached hydrogens (tertiary/aromatic N) is 3. The molecule has 2 aromatic heterocycles. The van der Waals surface area contributed by atoms with Crippen molar-refractivity contribution < 1.29 is 486 Å². The molecule has 9 unspecified atom stereocenters. The van der Waals surface area contributed by atoms with Crippen molar-refractivity contribution in [3.8, 4) is 0 Å². The normalized spacial score (nSPS) is 16.1. The van der Waals surface area contributed by atoms with Gasteiger partial charge >= 0.3 is 11.4 Å². The molecular formula is C42H78F2N5O12PS40U14. The third-order valence-corrected chi connectivity index (χ3v) is 91.6. The molecule has 17 nitrogen and oxygen atoms in total. The number of hydrogen-bond donors (Lipinski definition) is 6. The largest absolute Gasteiger partial charge is 0.400 e. The number of aromatic nitrogens is 4. The molecule has 0 amide bonds. The van der Waals surface area contributed by atoms with E-state index < -0.39 is 80.2 Å². The number of nitrogens with one attached hydrogen (secondary N) is 2. The topological polar surface area (TPSA) is 231 Å². The first-order valence-electron chi connectivity index (χ1n) is 29.4. The molecule has 116 heavy (non-hydrogen) atoms. The Morgan fingerprint density at radius 3 is 1.03 bits per heavy atom. The monoisotopic (exact) mass is 5530 g/mol. The molecule has 0 radical (unpaired) electrons. The summed E-state index contributed by atoms with van der Waals surface area (Å²) < 4.78 is 83.5. The van der Waals surface area contributed by atoms with Crippen molar-refractivity contribution in [2.45, 2.75) is 180 Å². The van der Waals surface area contributed by atoms with Crippen LogP contribution in [-0.2, 0) is 343 Å². The van der Waals surface area contributed by atoms with E-state index in [1.54, 1.807) is 107 Å². The number of ether oxygens (including phenoxy) is 2. The number of aromatic amines is 2. The fourth-order valence-corrected chi connectivity index (χ4v) is 100. The fourth-order valence-electron chi connectivity index (χ4n) is 5.93.